The molecule has 3 nitrogen and oxygen atoms in total. The van der Waals surface area contributed by atoms with Crippen molar-refractivity contribution in [1.82, 2.24) is 4.98 Å². The van der Waals surface area contributed by atoms with E-state index in [0.29, 0.717) is 17.3 Å². The van der Waals surface area contributed by atoms with Gasteiger partial charge in [-0.1, -0.05) is 42.8 Å². The number of rotatable bonds is 4. The largest absolute Gasteiger partial charge is 0.426 e. The van der Waals surface area contributed by atoms with E-state index in [-0.39, 0.29) is 11.9 Å². The number of carbonyl (C=O) groups is 1. The third kappa shape index (κ3) is 3.55. The van der Waals surface area contributed by atoms with Gasteiger partial charge in [0, 0.05) is 6.20 Å². The zero-order valence-corrected chi connectivity index (χ0v) is 11.3. The summed E-state index contributed by atoms with van der Waals surface area (Å²) in [5.74, 6) is -0.0596. The van der Waals surface area contributed by atoms with Crippen molar-refractivity contribution in [3.05, 3.63) is 59.4 Å². The van der Waals surface area contributed by atoms with Crippen molar-refractivity contribution < 1.29 is 9.53 Å². The van der Waals surface area contributed by atoms with Crippen molar-refractivity contribution in [2.75, 3.05) is 0 Å². The van der Waals surface area contributed by atoms with Gasteiger partial charge in [0.2, 0.25) is 0 Å². The Balaban J connectivity index is 2.13. The van der Waals surface area contributed by atoms with Crippen LogP contribution in [-0.4, -0.2) is 11.0 Å². The lowest BCUT2D eigenvalue weighted by Gasteiger charge is -2.14. The monoisotopic (exact) mass is 275 g/mol. The highest BCUT2D eigenvalue weighted by molar-refractivity contribution is 6.29. The Morgan fingerprint density at radius 1 is 1.26 bits per heavy atom. The number of nitrogens with zero attached hydrogens (tertiary/aromatic N) is 1. The molecule has 0 saturated heterocycles. The molecule has 0 bridgehead atoms. The molecule has 19 heavy (non-hydrogen) atoms. The van der Waals surface area contributed by atoms with Crippen LogP contribution in [0, 0.1) is 0 Å². The Bertz CT molecular complexity index is 540. The molecule has 0 amide bonds. The van der Waals surface area contributed by atoms with Gasteiger partial charge in [-0.15, -0.1) is 0 Å². The van der Waals surface area contributed by atoms with E-state index in [9.17, 15) is 4.79 Å². The Morgan fingerprint density at radius 3 is 2.58 bits per heavy atom. The Kier molecular flexibility index (Phi) is 4.53. The summed E-state index contributed by atoms with van der Waals surface area (Å²) in [4.78, 5) is 16.1. The number of hydrogen-bond donors (Lipinski definition) is 0. The summed E-state index contributed by atoms with van der Waals surface area (Å²) >= 11 is 5.74. The van der Waals surface area contributed by atoms with E-state index >= 15 is 0 Å². The molecule has 0 N–H and O–H groups in total. The summed E-state index contributed by atoms with van der Waals surface area (Å²) in [5, 5.41) is 0.412. The van der Waals surface area contributed by atoms with Crippen molar-refractivity contribution in [2.24, 2.45) is 0 Å². The predicted octanol–water partition coefficient (Wildman–Crippen LogP) is 3.83. The average molecular weight is 276 g/mol. The van der Waals surface area contributed by atoms with Crippen LogP contribution < -0.4 is 4.74 Å². The third-order valence-electron chi connectivity index (χ3n) is 2.81. The molecule has 1 atom stereocenters. The molecule has 2 rings (SSSR count). The molecule has 1 heterocycles. The third-order valence-corrected chi connectivity index (χ3v) is 3.03. The minimum absolute atomic E-state index is 0.280. The molecule has 98 valence electrons. The fraction of sp³-hybridized carbons (Fsp3) is 0.200. The molecular weight excluding hydrogens is 262 g/mol. The Morgan fingerprint density at radius 2 is 2.00 bits per heavy atom. The first-order chi connectivity index (χ1) is 9.20. The number of hydrogen-bond acceptors (Lipinski definition) is 3. The lowest BCUT2D eigenvalue weighted by atomic mass is 9.98. The molecule has 0 aliphatic carbocycles. The minimum atomic E-state index is -0.329. The van der Waals surface area contributed by atoms with Crippen LogP contribution in [0.15, 0.2) is 48.7 Å². The Labute approximate surface area is 117 Å². The molecule has 2 aromatic rings. The van der Waals surface area contributed by atoms with Gasteiger partial charge in [-0.05, 0) is 30.2 Å². The van der Waals surface area contributed by atoms with Crippen LogP contribution >= 0.6 is 11.6 Å². The summed E-state index contributed by atoms with van der Waals surface area (Å²) < 4.78 is 5.35. The quantitative estimate of drug-likeness (QED) is 0.483. The average Bonchev–Trinajstić information content (AvgIpc) is 2.43. The van der Waals surface area contributed by atoms with Crippen LogP contribution in [-0.2, 0) is 4.79 Å². The minimum Gasteiger partial charge on any atom is -0.426 e. The molecule has 0 aliphatic rings. The summed E-state index contributed by atoms with van der Waals surface area (Å²) in [6.45, 7) is 1.94. The van der Waals surface area contributed by atoms with Crippen LogP contribution in [0.3, 0.4) is 0 Å². The molecule has 1 aromatic carbocycles. The van der Waals surface area contributed by atoms with E-state index in [1.54, 1.807) is 30.5 Å². The van der Waals surface area contributed by atoms with Gasteiger partial charge in [0.05, 0.1) is 5.92 Å². The zero-order valence-electron chi connectivity index (χ0n) is 10.5. The number of ether oxygens (including phenoxy) is 1. The smallest absolute Gasteiger partial charge is 0.318 e. The molecule has 1 aromatic heterocycles. The van der Waals surface area contributed by atoms with E-state index in [1.807, 2.05) is 25.1 Å². The van der Waals surface area contributed by atoms with Crippen LogP contribution in [0.25, 0.3) is 0 Å². The predicted molar refractivity (Wildman–Crippen MR) is 74.4 cm³/mol. The maximum atomic E-state index is 12.1. The first-order valence-corrected chi connectivity index (χ1v) is 6.46. The van der Waals surface area contributed by atoms with E-state index in [4.69, 9.17) is 16.3 Å². The number of para-hydroxylation sites is 1. The number of carbonyl (C=O) groups excluding carboxylic acids is 1. The summed E-state index contributed by atoms with van der Waals surface area (Å²) in [7, 11) is 0. The zero-order chi connectivity index (χ0) is 13.7. The van der Waals surface area contributed by atoms with Crippen LogP contribution in [0.2, 0.25) is 5.15 Å². The van der Waals surface area contributed by atoms with E-state index in [2.05, 4.69) is 4.98 Å². The van der Waals surface area contributed by atoms with Gasteiger partial charge in [-0.25, -0.2) is 4.98 Å². The highest BCUT2D eigenvalue weighted by Crippen LogP contribution is 2.23. The lowest BCUT2D eigenvalue weighted by molar-refractivity contribution is -0.136. The number of pyridine rings is 1. The molecule has 0 aliphatic heterocycles. The van der Waals surface area contributed by atoms with Crippen LogP contribution in [0.1, 0.15) is 24.8 Å². The number of benzene rings is 1. The van der Waals surface area contributed by atoms with Crippen molar-refractivity contribution in [3.63, 3.8) is 0 Å². The second-order valence-corrected chi connectivity index (χ2v) is 4.50. The highest BCUT2D eigenvalue weighted by Gasteiger charge is 2.21. The van der Waals surface area contributed by atoms with Crippen molar-refractivity contribution in [1.29, 1.82) is 0 Å². The van der Waals surface area contributed by atoms with Gasteiger partial charge in [0.15, 0.2) is 0 Å². The molecule has 0 spiro atoms. The SMILES string of the molecule is CCC(C(=O)Oc1ccccc1)c1ccc(Cl)nc1. The summed E-state index contributed by atoms with van der Waals surface area (Å²) in [6, 6.07) is 12.5. The first kappa shape index (κ1) is 13.6. The number of esters is 1. The van der Waals surface area contributed by atoms with E-state index in [0.717, 1.165) is 5.56 Å². The van der Waals surface area contributed by atoms with Crippen LogP contribution in [0.4, 0.5) is 0 Å². The number of aromatic nitrogens is 1. The van der Waals surface area contributed by atoms with Gasteiger partial charge in [-0.2, -0.15) is 0 Å². The molecule has 1 unspecified atom stereocenters. The van der Waals surface area contributed by atoms with Crippen molar-refractivity contribution >= 4 is 17.6 Å². The van der Waals surface area contributed by atoms with E-state index < -0.39 is 0 Å². The molecule has 0 radical (unpaired) electrons. The van der Waals surface area contributed by atoms with Gasteiger partial charge >= 0.3 is 5.97 Å². The van der Waals surface area contributed by atoms with Gasteiger partial charge in [-0.3, -0.25) is 4.79 Å². The normalized spacial score (nSPS) is 11.9. The van der Waals surface area contributed by atoms with Crippen molar-refractivity contribution in [2.45, 2.75) is 19.3 Å². The topological polar surface area (TPSA) is 39.2 Å². The molecule has 0 saturated carbocycles. The molecule has 4 heteroatoms. The molecule has 0 fully saturated rings. The summed E-state index contributed by atoms with van der Waals surface area (Å²) in [5.41, 5.74) is 0.813. The van der Waals surface area contributed by atoms with E-state index in [1.165, 1.54) is 0 Å². The fourth-order valence-electron chi connectivity index (χ4n) is 1.81. The van der Waals surface area contributed by atoms with Crippen molar-refractivity contribution in [3.8, 4) is 5.75 Å². The maximum absolute atomic E-state index is 12.1. The fourth-order valence-corrected chi connectivity index (χ4v) is 1.92. The second kappa shape index (κ2) is 6.34. The van der Waals surface area contributed by atoms with Gasteiger partial charge in [0.1, 0.15) is 10.9 Å². The maximum Gasteiger partial charge on any atom is 0.318 e. The second-order valence-electron chi connectivity index (χ2n) is 4.11. The van der Waals surface area contributed by atoms with Gasteiger partial charge in [0.25, 0.3) is 0 Å². The standard InChI is InChI=1S/C15H14ClNO2/c1-2-13(11-8-9-14(16)17-10-11)15(18)19-12-6-4-3-5-7-12/h3-10,13H,2H2,1H3. The van der Waals surface area contributed by atoms with Gasteiger partial charge < -0.3 is 4.74 Å². The van der Waals surface area contributed by atoms with Crippen LogP contribution in [0.5, 0.6) is 5.75 Å². The highest BCUT2D eigenvalue weighted by atomic mass is 35.5. The summed E-state index contributed by atoms with van der Waals surface area (Å²) in [6.07, 6.45) is 2.26. The first-order valence-electron chi connectivity index (χ1n) is 6.09. The molecular formula is C15H14ClNO2. The lowest BCUT2D eigenvalue weighted by Crippen LogP contribution is -2.18. The number of halogens is 1. The Hall–Kier alpha value is -1.87.